The van der Waals surface area contributed by atoms with Crippen molar-refractivity contribution in [2.45, 2.75) is 5.16 Å². The van der Waals surface area contributed by atoms with Crippen LogP contribution in [0.3, 0.4) is 0 Å². The zero-order valence-electron chi connectivity index (χ0n) is 18.7. The van der Waals surface area contributed by atoms with E-state index in [0.29, 0.717) is 11.2 Å². The number of hydrogen-bond acceptors (Lipinski definition) is 6. The summed E-state index contributed by atoms with van der Waals surface area (Å²) < 4.78 is 30.7. The zero-order chi connectivity index (χ0) is 23.0. The summed E-state index contributed by atoms with van der Waals surface area (Å²) in [5, 5.41) is 7.60. The highest BCUT2D eigenvalue weighted by Gasteiger charge is 2.30. The molecule has 8 nitrogen and oxygen atoms in total. The van der Waals surface area contributed by atoms with E-state index in [1.807, 2.05) is 59.6 Å². The van der Waals surface area contributed by atoms with Gasteiger partial charge in [0.1, 0.15) is 0 Å². The van der Waals surface area contributed by atoms with Crippen LogP contribution in [0.25, 0.3) is 22.2 Å². The van der Waals surface area contributed by atoms with Gasteiger partial charge in [0.15, 0.2) is 0 Å². The Bertz CT molecular complexity index is 1410. The highest BCUT2D eigenvalue weighted by Crippen LogP contribution is 2.35. The average molecular weight is 463 g/mol. The molecule has 0 amide bonds. The molecule has 1 fully saturated rings. The molecule has 0 radical (unpaired) electrons. The van der Waals surface area contributed by atoms with Crippen molar-refractivity contribution in [1.82, 2.24) is 23.4 Å². The standard InChI is InChI=1S/C24H26N6O2S/c1-27-14-16-29(17-15-27)26-18-21-20-10-6-7-11-22(20)30(23(21)19-8-4-3-5-9-19)33(31,32)24-25-12-13-28(24)2/h3-13,18H,14-17H2,1-2H3/b26-18+. The summed E-state index contributed by atoms with van der Waals surface area (Å²) in [7, 11) is -0.189. The van der Waals surface area contributed by atoms with E-state index in [9.17, 15) is 8.42 Å². The van der Waals surface area contributed by atoms with Gasteiger partial charge < -0.3 is 9.47 Å². The minimum absolute atomic E-state index is 0.0111. The normalized spacial score (nSPS) is 15.6. The van der Waals surface area contributed by atoms with Crippen LogP contribution >= 0.6 is 0 Å². The van der Waals surface area contributed by atoms with E-state index in [-0.39, 0.29) is 5.16 Å². The fraction of sp³-hybridized carbons (Fsp3) is 0.250. The number of imidazole rings is 1. The third-order valence-corrected chi connectivity index (χ3v) is 7.71. The quantitative estimate of drug-likeness (QED) is 0.427. The van der Waals surface area contributed by atoms with Crippen molar-refractivity contribution < 1.29 is 8.42 Å². The van der Waals surface area contributed by atoms with Gasteiger partial charge in [-0.3, -0.25) is 5.01 Å². The maximum absolute atomic E-state index is 13.9. The number of nitrogens with zero attached hydrogens (tertiary/aromatic N) is 6. The Morgan fingerprint density at radius 3 is 2.33 bits per heavy atom. The van der Waals surface area contributed by atoms with E-state index >= 15 is 0 Å². The Labute approximate surface area is 193 Å². The molecule has 9 heteroatoms. The summed E-state index contributed by atoms with van der Waals surface area (Å²) in [6.45, 7) is 3.55. The number of aromatic nitrogens is 3. The van der Waals surface area contributed by atoms with Gasteiger partial charge in [0.2, 0.25) is 5.16 Å². The summed E-state index contributed by atoms with van der Waals surface area (Å²) >= 11 is 0. The number of piperazine rings is 1. The molecule has 2 aromatic heterocycles. The molecular formula is C24H26N6O2S. The second kappa shape index (κ2) is 8.49. The fourth-order valence-electron chi connectivity index (χ4n) is 4.22. The van der Waals surface area contributed by atoms with Crippen molar-refractivity contribution in [2.75, 3.05) is 33.2 Å². The highest BCUT2D eigenvalue weighted by molar-refractivity contribution is 7.90. The molecule has 0 bridgehead atoms. The van der Waals surface area contributed by atoms with Gasteiger partial charge in [-0.1, -0.05) is 48.5 Å². The third-order valence-electron chi connectivity index (χ3n) is 6.00. The number of aryl methyl sites for hydroxylation is 1. The van der Waals surface area contributed by atoms with E-state index in [2.05, 4.69) is 16.9 Å². The second-order valence-electron chi connectivity index (χ2n) is 8.24. The van der Waals surface area contributed by atoms with Crippen LogP contribution in [0.2, 0.25) is 0 Å². The second-order valence-corrected chi connectivity index (χ2v) is 9.92. The first-order valence-electron chi connectivity index (χ1n) is 10.9. The van der Waals surface area contributed by atoms with E-state index in [1.54, 1.807) is 19.5 Å². The maximum Gasteiger partial charge on any atom is 0.302 e. The highest BCUT2D eigenvalue weighted by atomic mass is 32.2. The van der Waals surface area contributed by atoms with Crippen molar-refractivity contribution in [2.24, 2.45) is 12.1 Å². The molecule has 33 heavy (non-hydrogen) atoms. The van der Waals surface area contributed by atoms with Gasteiger partial charge in [0, 0.05) is 56.6 Å². The molecule has 1 saturated heterocycles. The largest absolute Gasteiger partial charge is 0.323 e. The number of rotatable bonds is 5. The number of para-hydroxylation sites is 1. The first-order chi connectivity index (χ1) is 16.0. The van der Waals surface area contributed by atoms with Crippen LogP contribution in [-0.2, 0) is 17.1 Å². The third kappa shape index (κ3) is 3.83. The van der Waals surface area contributed by atoms with E-state index < -0.39 is 10.0 Å². The summed E-state index contributed by atoms with van der Waals surface area (Å²) in [6, 6.07) is 17.1. The maximum atomic E-state index is 13.9. The van der Waals surface area contributed by atoms with Crippen molar-refractivity contribution >= 4 is 27.1 Å². The first kappa shape index (κ1) is 21.4. The van der Waals surface area contributed by atoms with Crippen LogP contribution in [-0.4, -0.2) is 71.3 Å². The van der Waals surface area contributed by atoms with Crippen molar-refractivity contribution in [1.29, 1.82) is 0 Å². The summed E-state index contributed by atoms with van der Waals surface area (Å²) in [5.41, 5.74) is 2.75. The topological polar surface area (TPSA) is 75.7 Å². The van der Waals surface area contributed by atoms with Crippen LogP contribution in [0, 0.1) is 0 Å². The molecule has 0 atom stereocenters. The predicted molar refractivity (Wildman–Crippen MR) is 130 cm³/mol. The van der Waals surface area contributed by atoms with Gasteiger partial charge >= 0.3 is 10.0 Å². The molecule has 4 aromatic rings. The van der Waals surface area contributed by atoms with E-state index in [4.69, 9.17) is 5.10 Å². The first-order valence-corrected chi connectivity index (χ1v) is 12.3. The zero-order valence-corrected chi connectivity index (χ0v) is 19.5. The van der Waals surface area contributed by atoms with Gasteiger partial charge in [-0.05, 0) is 18.7 Å². The molecule has 1 aliphatic rings. The predicted octanol–water partition coefficient (Wildman–Crippen LogP) is 2.86. The van der Waals surface area contributed by atoms with Crippen LogP contribution in [0.5, 0.6) is 0 Å². The van der Waals surface area contributed by atoms with Crippen molar-refractivity contribution in [3.05, 3.63) is 72.6 Å². The number of hydrazone groups is 1. The van der Waals surface area contributed by atoms with Crippen LogP contribution in [0.4, 0.5) is 0 Å². The molecule has 0 unspecified atom stereocenters. The Hall–Kier alpha value is -3.43. The molecule has 0 N–H and O–H groups in total. The molecule has 0 saturated carbocycles. The monoisotopic (exact) mass is 462 g/mol. The Balaban J connectivity index is 1.76. The number of hydrogen-bond donors (Lipinski definition) is 0. The lowest BCUT2D eigenvalue weighted by Gasteiger charge is -2.30. The lowest BCUT2D eigenvalue weighted by molar-refractivity contribution is 0.159. The van der Waals surface area contributed by atoms with Gasteiger partial charge in [-0.2, -0.15) is 13.5 Å². The van der Waals surface area contributed by atoms with E-state index in [1.165, 1.54) is 14.7 Å². The van der Waals surface area contributed by atoms with E-state index in [0.717, 1.165) is 42.7 Å². The Kier molecular flexibility index (Phi) is 5.51. The molecule has 170 valence electrons. The SMILES string of the molecule is CN1CCN(/N=C/c2c(-c3ccccc3)n(S(=O)(=O)c3nccn3C)c3ccccc23)CC1. The summed E-state index contributed by atoms with van der Waals surface area (Å²) in [5.74, 6) is 0. The Morgan fingerprint density at radius 2 is 1.64 bits per heavy atom. The Morgan fingerprint density at radius 1 is 0.939 bits per heavy atom. The van der Waals surface area contributed by atoms with Crippen LogP contribution in [0.15, 0.2) is 77.2 Å². The average Bonchev–Trinajstić information content (AvgIpc) is 3.41. The molecular weight excluding hydrogens is 436 g/mol. The lowest BCUT2D eigenvalue weighted by Crippen LogP contribution is -2.41. The van der Waals surface area contributed by atoms with Crippen LogP contribution < -0.4 is 0 Å². The smallest absolute Gasteiger partial charge is 0.302 e. The molecule has 3 heterocycles. The van der Waals surface area contributed by atoms with Gasteiger partial charge in [0.05, 0.1) is 17.4 Å². The molecule has 0 aliphatic carbocycles. The van der Waals surface area contributed by atoms with Gasteiger partial charge in [-0.15, -0.1) is 0 Å². The molecule has 5 rings (SSSR count). The number of benzene rings is 2. The molecule has 1 aliphatic heterocycles. The molecule has 2 aromatic carbocycles. The van der Waals surface area contributed by atoms with Crippen molar-refractivity contribution in [3.8, 4) is 11.3 Å². The fourth-order valence-corrected chi connectivity index (χ4v) is 5.86. The van der Waals surface area contributed by atoms with Crippen LogP contribution in [0.1, 0.15) is 5.56 Å². The van der Waals surface area contributed by atoms with Gasteiger partial charge in [-0.25, -0.2) is 8.96 Å². The lowest BCUT2D eigenvalue weighted by atomic mass is 10.1. The minimum atomic E-state index is -3.97. The molecule has 0 spiro atoms. The number of fused-ring (bicyclic) bond motifs is 1. The number of likely N-dealkylation sites (N-methyl/N-ethyl adjacent to an activating group) is 1. The van der Waals surface area contributed by atoms with Crippen molar-refractivity contribution in [3.63, 3.8) is 0 Å². The summed E-state index contributed by atoms with van der Waals surface area (Å²) in [6.07, 6.45) is 4.94. The minimum Gasteiger partial charge on any atom is -0.323 e. The summed E-state index contributed by atoms with van der Waals surface area (Å²) in [4.78, 5) is 6.42. The van der Waals surface area contributed by atoms with Gasteiger partial charge in [0.25, 0.3) is 0 Å².